The summed E-state index contributed by atoms with van der Waals surface area (Å²) < 4.78 is 0. The minimum atomic E-state index is 1.21. The first-order chi connectivity index (χ1) is 1.91. The Kier molecular flexibility index (Phi) is 3.32. The van der Waals surface area contributed by atoms with Gasteiger partial charge in [0.2, 0.25) is 0 Å². The van der Waals surface area contributed by atoms with Crippen LogP contribution in [0.2, 0.25) is 0 Å². The minimum Gasteiger partial charge on any atom is -0.323 e. The van der Waals surface area contributed by atoms with Crippen molar-refractivity contribution >= 4 is 10.2 Å². The van der Waals surface area contributed by atoms with Gasteiger partial charge in [-0.3, -0.25) is 0 Å². The van der Waals surface area contributed by atoms with Gasteiger partial charge in [-0.15, -0.1) is 0 Å². The molecular weight excluding hydrogens is 66.1 g/mol. The second-order valence-electron chi connectivity index (χ2n) is 0.707. The van der Waals surface area contributed by atoms with Crippen LogP contribution in [0, 0.1) is 0 Å². The zero-order valence-corrected chi connectivity index (χ0v) is 5.21. The molecule has 0 spiro atoms. The smallest absolute Gasteiger partial charge is 0.0201 e. The summed E-state index contributed by atoms with van der Waals surface area (Å²) in [5.41, 5.74) is 0. The molecule has 1 nitrogen and oxygen atoms in total. The van der Waals surface area contributed by atoms with Crippen molar-refractivity contribution in [3.05, 3.63) is 0 Å². The summed E-state index contributed by atoms with van der Waals surface area (Å²) in [7, 11) is 3.24. The first-order valence-corrected chi connectivity index (χ1v) is 2.97. The highest BCUT2D eigenvalue weighted by atomic mass is 28.1. The van der Waals surface area contributed by atoms with Crippen LogP contribution in [0.1, 0.15) is 0 Å². The molecule has 0 radical (unpaired) electrons. The van der Waals surface area contributed by atoms with E-state index >= 15 is 0 Å². The summed E-state index contributed by atoms with van der Waals surface area (Å²) in [4.78, 5) is 0. The zero-order valence-electron chi connectivity index (χ0n) is 3.21. The Morgan fingerprint density at radius 1 is 2.00 bits per heavy atom. The van der Waals surface area contributed by atoms with Gasteiger partial charge in [-0.2, -0.15) is 0 Å². The van der Waals surface area contributed by atoms with E-state index in [2.05, 4.69) is 5.32 Å². The maximum Gasteiger partial charge on any atom is 0.0201 e. The van der Waals surface area contributed by atoms with Crippen molar-refractivity contribution in [2.24, 2.45) is 0 Å². The van der Waals surface area contributed by atoms with E-state index in [1.165, 1.54) is 16.4 Å². The molecule has 0 bridgehead atoms. The standard InChI is InChI=1S/C2H9NSi/c1-3-2-4/h3H,2H2,1,4H3. The minimum absolute atomic E-state index is 1.21. The van der Waals surface area contributed by atoms with Gasteiger partial charge in [0.05, 0.1) is 0 Å². The molecule has 2 heteroatoms. The Labute approximate surface area is 29.8 Å². The maximum absolute atomic E-state index is 2.99. The lowest BCUT2D eigenvalue weighted by Crippen LogP contribution is -2.05. The fraction of sp³-hybridized carbons (Fsp3) is 1.00. The highest BCUT2D eigenvalue weighted by Crippen LogP contribution is 1.23. The molecule has 0 unspecified atom stereocenters. The number of nitrogens with one attached hydrogen (secondary N) is 1. The summed E-state index contributed by atoms with van der Waals surface area (Å²) in [6, 6.07) is 0. The van der Waals surface area contributed by atoms with Crippen molar-refractivity contribution in [2.45, 2.75) is 0 Å². The largest absolute Gasteiger partial charge is 0.323 e. The average Bonchev–Trinajstić information content (AvgIpc) is 1.37. The molecular formula is C2H9NSi. The molecule has 0 aliphatic rings. The van der Waals surface area contributed by atoms with Crippen molar-refractivity contribution in [2.75, 3.05) is 13.2 Å². The molecule has 0 fully saturated rings. The number of rotatable bonds is 1. The Morgan fingerprint density at radius 3 is 2.25 bits per heavy atom. The van der Waals surface area contributed by atoms with Crippen LogP contribution in [0.4, 0.5) is 0 Å². The van der Waals surface area contributed by atoms with Crippen LogP contribution in [0.5, 0.6) is 0 Å². The van der Waals surface area contributed by atoms with E-state index in [-0.39, 0.29) is 0 Å². The van der Waals surface area contributed by atoms with Gasteiger partial charge in [-0.05, 0) is 13.2 Å². The van der Waals surface area contributed by atoms with E-state index in [0.717, 1.165) is 0 Å². The van der Waals surface area contributed by atoms with Gasteiger partial charge in [0.25, 0.3) is 0 Å². The van der Waals surface area contributed by atoms with E-state index in [4.69, 9.17) is 0 Å². The molecule has 0 heterocycles. The van der Waals surface area contributed by atoms with Crippen LogP contribution in [-0.4, -0.2) is 23.5 Å². The first kappa shape index (κ1) is 4.18. The van der Waals surface area contributed by atoms with Gasteiger partial charge in [0.1, 0.15) is 0 Å². The second-order valence-corrected chi connectivity index (χ2v) is 1.41. The van der Waals surface area contributed by atoms with E-state index in [1.54, 1.807) is 0 Å². The molecule has 0 aromatic carbocycles. The lowest BCUT2D eigenvalue weighted by molar-refractivity contribution is 0.974. The van der Waals surface area contributed by atoms with E-state index in [0.29, 0.717) is 0 Å². The average molecular weight is 75.2 g/mol. The van der Waals surface area contributed by atoms with Crippen molar-refractivity contribution in [3.8, 4) is 0 Å². The van der Waals surface area contributed by atoms with Crippen LogP contribution in [0.15, 0.2) is 0 Å². The molecule has 0 atom stereocenters. The normalized spacial score (nSPS) is 8.25. The summed E-state index contributed by atoms with van der Waals surface area (Å²) in [5.74, 6) is 0. The van der Waals surface area contributed by atoms with Crippen LogP contribution in [0.3, 0.4) is 0 Å². The maximum atomic E-state index is 2.99. The molecule has 0 amide bonds. The van der Waals surface area contributed by atoms with E-state index in [1.807, 2.05) is 7.05 Å². The molecule has 0 aliphatic carbocycles. The van der Waals surface area contributed by atoms with E-state index in [9.17, 15) is 0 Å². The molecule has 26 valence electrons. The lowest BCUT2D eigenvalue weighted by Gasteiger charge is -1.75. The van der Waals surface area contributed by atoms with Crippen LogP contribution >= 0.6 is 0 Å². The van der Waals surface area contributed by atoms with Crippen molar-refractivity contribution < 1.29 is 0 Å². The second kappa shape index (κ2) is 3.18. The Balaban J connectivity index is 1.97. The van der Waals surface area contributed by atoms with Crippen LogP contribution in [0.25, 0.3) is 0 Å². The third-order valence-electron chi connectivity index (χ3n) is 0.354. The first-order valence-electron chi connectivity index (χ1n) is 1.56. The van der Waals surface area contributed by atoms with Gasteiger partial charge in [0.15, 0.2) is 0 Å². The topological polar surface area (TPSA) is 12.0 Å². The van der Waals surface area contributed by atoms with Crippen molar-refractivity contribution in [3.63, 3.8) is 0 Å². The molecule has 0 aromatic rings. The third-order valence-corrected chi connectivity index (χ3v) is 1.06. The highest BCUT2D eigenvalue weighted by molar-refractivity contribution is 6.08. The molecule has 1 N–H and O–H groups in total. The Morgan fingerprint density at radius 2 is 2.25 bits per heavy atom. The number of hydrogen-bond donors (Lipinski definition) is 1. The van der Waals surface area contributed by atoms with E-state index < -0.39 is 0 Å². The highest BCUT2D eigenvalue weighted by Gasteiger charge is 1.51. The predicted octanol–water partition coefficient (Wildman–Crippen LogP) is -1.47. The van der Waals surface area contributed by atoms with Gasteiger partial charge >= 0.3 is 0 Å². The van der Waals surface area contributed by atoms with Crippen LogP contribution < -0.4 is 5.32 Å². The summed E-state index contributed by atoms with van der Waals surface area (Å²) in [6.07, 6.45) is 1.21. The SMILES string of the molecule is CNC[SiH3]. The van der Waals surface area contributed by atoms with Gasteiger partial charge in [-0.1, -0.05) is 0 Å². The van der Waals surface area contributed by atoms with Crippen molar-refractivity contribution in [1.82, 2.24) is 5.32 Å². The summed E-state index contributed by atoms with van der Waals surface area (Å²) in [5, 5.41) is 2.99. The quantitative estimate of drug-likeness (QED) is 0.375. The lowest BCUT2D eigenvalue weighted by atomic mass is 11.3. The monoisotopic (exact) mass is 75.1 g/mol. The Hall–Kier alpha value is 0.177. The molecule has 0 aliphatic heterocycles. The third kappa shape index (κ3) is 2.18. The molecule has 0 saturated carbocycles. The van der Waals surface area contributed by atoms with Crippen molar-refractivity contribution in [1.29, 1.82) is 0 Å². The van der Waals surface area contributed by atoms with Gasteiger partial charge in [-0.25, -0.2) is 0 Å². The van der Waals surface area contributed by atoms with Gasteiger partial charge in [0, 0.05) is 10.2 Å². The Bertz CT molecular complexity index is 8.00. The predicted molar refractivity (Wildman–Crippen MR) is 23.9 cm³/mol. The number of hydrogen-bond acceptors (Lipinski definition) is 1. The van der Waals surface area contributed by atoms with Gasteiger partial charge < -0.3 is 5.32 Å². The molecule has 0 aromatic heterocycles. The molecule has 0 rings (SSSR count). The molecule has 0 saturated heterocycles. The fourth-order valence-electron chi connectivity index (χ4n) is 0. The zero-order chi connectivity index (χ0) is 3.41. The van der Waals surface area contributed by atoms with Crippen LogP contribution in [-0.2, 0) is 0 Å². The fourth-order valence-corrected chi connectivity index (χ4v) is 0. The molecule has 4 heavy (non-hydrogen) atoms. The summed E-state index contributed by atoms with van der Waals surface area (Å²) in [6.45, 7) is 0. The summed E-state index contributed by atoms with van der Waals surface area (Å²) >= 11 is 0.